The number of nitrogen functional groups attached to an aromatic ring is 1. The van der Waals surface area contributed by atoms with E-state index in [1.165, 1.54) is 0 Å². The van der Waals surface area contributed by atoms with Gasteiger partial charge in [-0.2, -0.15) is 0 Å². The molecule has 0 amide bonds. The first-order valence-electron chi connectivity index (χ1n) is 5.63. The topological polar surface area (TPSA) is 65.4 Å². The first-order valence-corrected chi connectivity index (χ1v) is 6.00. The molecular weight excluding hydrogens is 264 g/mol. The van der Waals surface area contributed by atoms with Crippen LogP contribution in [0.25, 0.3) is 16.8 Å². The molecule has 0 aliphatic rings. The summed E-state index contributed by atoms with van der Waals surface area (Å²) >= 11 is 6.21. The molecule has 0 saturated heterocycles. The fourth-order valence-corrected chi connectivity index (χ4v) is 2.25. The van der Waals surface area contributed by atoms with E-state index in [0.29, 0.717) is 16.7 Å². The summed E-state index contributed by atoms with van der Waals surface area (Å²) in [6.07, 6.45) is 5.16. The van der Waals surface area contributed by atoms with Crippen LogP contribution >= 0.6 is 11.6 Å². The standard InChI is InChI=1S/C13H11ClN4O/c1-19-10-3-2-9(13-17-6-7-18(10)13)8-4-5-16-12(15)11(8)14/h2-7H,1H3,(H2,15,16). The number of rotatable bonds is 2. The minimum atomic E-state index is 0.305. The predicted molar refractivity (Wildman–Crippen MR) is 74.4 cm³/mol. The first kappa shape index (κ1) is 11.8. The van der Waals surface area contributed by atoms with Gasteiger partial charge in [0.15, 0.2) is 5.88 Å². The number of fused-ring (bicyclic) bond motifs is 1. The lowest BCUT2D eigenvalue weighted by Crippen LogP contribution is -1.97. The summed E-state index contributed by atoms with van der Waals surface area (Å²) in [6, 6.07) is 5.58. The van der Waals surface area contributed by atoms with Crippen LogP contribution in [0.4, 0.5) is 5.82 Å². The molecule has 19 heavy (non-hydrogen) atoms. The van der Waals surface area contributed by atoms with E-state index in [0.717, 1.165) is 16.8 Å². The fourth-order valence-electron chi connectivity index (χ4n) is 2.03. The average Bonchev–Trinajstić information content (AvgIpc) is 2.90. The van der Waals surface area contributed by atoms with E-state index in [1.807, 2.05) is 28.8 Å². The molecule has 3 heterocycles. The molecule has 0 spiro atoms. The Kier molecular flexibility index (Phi) is 2.76. The van der Waals surface area contributed by atoms with E-state index in [1.54, 1.807) is 19.5 Å². The zero-order valence-electron chi connectivity index (χ0n) is 10.2. The third-order valence-electron chi connectivity index (χ3n) is 2.93. The predicted octanol–water partition coefficient (Wildman–Crippen LogP) is 2.64. The van der Waals surface area contributed by atoms with Gasteiger partial charge in [-0.15, -0.1) is 0 Å². The second-order valence-corrected chi connectivity index (χ2v) is 4.35. The number of ether oxygens (including phenoxy) is 1. The van der Waals surface area contributed by atoms with E-state index >= 15 is 0 Å². The zero-order valence-corrected chi connectivity index (χ0v) is 10.9. The summed E-state index contributed by atoms with van der Waals surface area (Å²) in [5.41, 5.74) is 8.17. The number of hydrogen-bond donors (Lipinski definition) is 1. The van der Waals surface area contributed by atoms with Crippen LogP contribution in [0.3, 0.4) is 0 Å². The summed E-state index contributed by atoms with van der Waals surface area (Å²) < 4.78 is 7.13. The van der Waals surface area contributed by atoms with Crippen molar-refractivity contribution in [1.82, 2.24) is 14.4 Å². The number of nitrogens with two attached hydrogens (primary N) is 1. The van der Waals surface area contributed by atoms with Crippen LogP contribution in [0.1, 0.15) is 0 Å². The van der Waals surface area contributed by atoms with Gasteiger partial charge in [0.05, 0.1) is 12.1 Å². The molecule has 0 aliphatic heterocycles. The van der Waals surface area contributed by atoms with Crippen molar-refractivity contribution in [3.63, 3.8) is 0 Å². The largest absolute Gasteiger partial charge is 0.482 e. The van der Waals surface area contributed by atoms with Crippen LogP contribution in [0.15, 0.2) is 36.8 Å². The molecule has 3 aromatic heterocycles. The summed E-state index contributed by atoms with van der Waals surface area (Å²) in [5, 5.41) is 0.428. The van der Waals surface area contributed by atoms with Gasteiger partial charge in [-0.3, -0.25) is 4.40 Å². The van der Waals surface area contributed by atoms with Gasteiger partial charge in [0.1, 0.15) is 11.5 Å². The lowest BCUT2D eigenvalue weighted by molar-refractivity contribution is 0.392. The Labute approximate surface area is 114 Å². The minimum absolute atomic E-state index is 0.305. The van der Waals surface area contributed by atoms with Crippen molar-refractivity contribution < 1.29 is 4.74 Å². The van der Waals surface area contributed by atoms with Gasteiger partial charge < -0.3 is 10.5 Å². The SMILES string of the molecule is COc1ccc(-c2ccnc(N)c2Cl)c2nccn12. The van der Waals surface area contributed by atoms with Gasteiger partial charge in [0.2, 0.25) is 0 Å². The quantitative estimate of drug-likeness (QED) is 0.780. The third kappa shape index (κ3) is 1.79. The Balaban J connectivity index is 2.32. The maximum absolute atomic E-state index is 6.21. The molecule has 6 heteroatoms. The summed E-state index contributed by atoms with van der Waals surface area (Å²) in [5.74, 6) is 1.01. The van der Waals surface area contributed by atoms with Crippen molar-refractivity contribution in [2.24, 2.45) is 0 Å². The maximum atomic E-state index is 6.21. The smallest absolute Gasteiger partial charge is 0.199 e. The number of halogens is 1. The first-order chi connectivity index (χ1) is 9.22. The molecule has 0 atom stereocenters. The number of pyridine rings is 2. The fraction of sp³-hybridized carbons (Fsp3) is 0.0769. The van der Waals surface area contributed by atoms with Crippen molar-refractivity contribution in [2.75, 3.05) is 12.8 Å². The number of hydrogen-bond acceptors (Lipinski definition) is 4. The molecule has 2 N–H and O–H groups in total. The average molecular weight is 275 g/mol. The van der Waals surface area contributed by atoms with E-state index in [9.17, 15) is 0 Å². The third-order valence-corrected chi connectivity index (χ3v) is 3.32. The molecule has 96 valence electrons. The lowest BCUT2D eigenvalue weighted by atomic mass is 10.1. The van der Waals surface area contributed by atoms with Gasteiger partial charge in [0, 0.05) is 29.7 Å². The van der Waals surface area contributed by atoms with E-state index in [4.69, 9.17) is 22.1 Å². The molecule has 3 aromatic rings. The van der Waals surface area contributed by atoms with Gasteiger partial charge in [-0.25, -0.2) is 9.97 Å². The summed E-state index contributed by atoms with van der Waals surface area (Å²) in [7, 11) is 1.62. The van der Waals surface area contributed by atoms with Crippen LogP contribution in [0.2, 0.25) is 5.02 Å². The van der Waals surface area contributed by atoms with Crippen LogP contribution in [0.5, 0.6) is 5.88 Å². The Morgan fingerprint density at radius 3 is 2.79 bits per heavy atom. The second-order valence-electron chi connectivity index (χ2n) is 3.97. The minimum Gasteiger partial charge on any atom is -0.482 e. The molecule has 0 aromatic carbocycles. The van der Waals surface area contributed by atoms with Crippen LogP contribution in [-0.4, -0.2) is 21.5 Å². The van der Waals surface area contributed by atoms with E-state index in [-0.39, 0.29) is 0 Å². The van der Waals surface area contributed by atoms with Crippen LogP contribution in [-0.2, 0) is 0 Å². The Morgan fingerprint density at radius 1 is 1.16 bits per heavy atom. The number of nitrogens with zero attached hydrogens (tertiary/aromatic N) is 3. The Morgan fingerprint density at radius 2 is 2.00 bits per heavy atom. The number of aromatic nitrogens is 3. The van der Waals surface area contributed by atoms with Crippen LogP contribution < -0.4 is 10.5 Å². The van der Waals surface area contributed by atoms with E-state index in [2.05, 4.69) is 9.97 Å². The highest BCUT2D eigenvalue weighted by Gasteiger charge is 2.13. The highest BCUT2D eigenvalue weighted by Crippen LogP contribution is 2.34. The van der Waals surface area contributed by atoms with Crippen molar-refractivity contribution in [3.8, 4) is 17.0 Å². The van der Waals surface area contributed by atoms with Gasteiger partial charge >= 0.3 is 0 Å². The Hall–Kier alpha value is -2.27. The normalized spacial score (nSPS) is 10.8. The monoisotopic (exact) mass is 274 g/mol. The molecule has 0 radical (unpaired) electrons. The molecule has 0 fully saturated rings. The molecule has 0 saturated carbocycles. The van der Waals surface area contributed by atoms with E-state index < -0.39 is 0 Å². The molecule has 3 rings (SSSR count). The van der Waals surface area contributed by atoms with Gasteiger partial charge in [-0.1, -0.05) is 11.6 Å². The van der Waals surface area contributed by atoms with Gasteiger partial charge in [0.25, 0.3) is 0 Å². The molecule has 0 bridgehead atoms. The number of methoxy groups -OCH3 is 1. The van der Waals surface area contributed by atoms with Gasteiger partial charge in [-0.05, 0) is 18.2 Å². The Bertz CT molecular complexity index is 753. The molecule has 0 aliphatic carbocycles. The second kappa shape index (κ2) is 4.44. The van der Waals surface area contributed by atoms with Crippen molar-refractivity contribution >= 4 is 23.1 Å². The highest BCUT2D eigenvalue weighted by atomic mass is 35.5. The van der Waals surface area contributed by atoms with Crippen molar-refractivity contribution in [1.29, 1.82) is 0 Å². The summed E-state index contributed by atoms with van der Waals surface area (Å²) in [6.45, 7) is 0. The molecular formula is C13H11ClN4O. The van der Waals surface area contributed by atoms with Crippen LogP contribution in [0, 0.1) is 0 Å². The molecule has 0 unspecified atom stereocenters. The number of anilines is 1. The van der Waals surface area contributed by atoms with Crippen molar-refractivity contribution in [2.45, 2.75) is 0 Å². The maximum Gasteiger partial charge on any atom is 0.199 e. The van der Waals surface area contributed by atoms with Crippen molar-refractivity contribution in [3.05, 3.63) is 41.8 Å². The lowest BCUT2D eigenvalue weighted by Gasteiger charge is -2.10. The zero-order chi connectivity index (χ0) is 13.4. The highest BCUT2D eigenvalue weighted by molar-refractivity contribution is 6.35. The number of imidazole rings is 1. The molecule has 5 nitrogen and oxygen atoms in total. The summed E-state index contributed by atoms with van der Waals surface area (Å²) in [4.78, 5) is 8.30.